The van der Waals surface area contributed by atoms with Crippen molar-refractivity contribution >= 4 is 21.5 Å². The molecule has 106 valence electrons. The molecular weight excluding hydrogens is 266 g/mol. The van der Waals surface area contributed by atoms with E-state index < -0.39 is 15.8 Å². The Morgan fingerprint density at radius 3 is 2.53 bits per heavy atom. The summed E-state index contributed by atoms with van der Waals surface area (Å²) in [6.07, 6.45) is 1.92. The number of sulfone groups is 1. The van der Waals surface area contributed by atoms with Gasteiger partial charge < -0.3 is 10.4 Å². The topological polar surface area (TPSA) is 83.5 Å². The third-order valence-electron chi connectivity index (χ3n) is 2.79. The van der Waals surface area contributed by atoms with Crippen LogP contribution in [0.5, 0.6) is 0 Å². The van der Waals surface area contributed by atoms with E-state index in [4.69, 9.17) is 5.11 Å². The van der Waals surface area contributed by atoms with E-state index >= 15 is 0 Å². The quantitative estimate of drug-likeness (QED) is 0.751. The Kier molecular flexibility index (Phi) is 5.35. The van der Waals surface area contributed by atoms with Crippen molar-refractivity contribution in [3.05, 3.63) is 23.8 Å². The van der Waals surface area contributed by atoms with Crippen LogP contribution in [0, 0.1) is 0 Å². The van der Waals surface area contributed by atoms with Crippen LogP contribution in [0.1, 0.15) is 37.0 Å². The zero-order chi connectivity index (χ0) is 14.5. The van der Waals surface area contributed by atoms with E-state index in [2.05, 4.69) is 5.32 Å². The van der Waals surface area contributed by atoms with Crippen molar-refractivity contribution in [1.29, 1.82) is 0 Å². The lowest BCUT2D eigenvalue weighted by Crippen LogP contribution is -2.11. The molecule has 0 saturated heterocycles. The van der Waals surface area contributed by atoms with Crippen LogP contribution in [-0.4, -0.2) is 31.8 Å². The minimum atomic E-state index is -3.45. The Labute approximate surface area is 113 Å². The highest BCUT2D eigenvalue weighted by atomic mass is 32.2. The molecule has 0 aliphatic rings. The van der Waals surface area contributed by atoms with E-state index in [9.17, 15) is 13.2 Å². The van der Waals surface area contributed by atoms with Gasteiger partial charge in [-0.1, -0.05) is 20.3 Å². The molecule has 0 radical (unpaired) electrons. The van der Waals surface area contributed by atoms with Gasteiger partial charge in [-0.25, -0.2) is 13.2 Å². The standard InChI is InChI=1S/C13H19NO4S/c1-3-5-8-14-11-7-6-10(13(15)16)9-12(11)19(17,18)4-2/h6-7,9,14H,3-5,8H2,1-2H3,(H,15,16). The minimum absolute atomic E-state index is 0.0203. The van der Waals surface area contributed by atoms with Crippen molar-refractivity contribution in [2.75, 3.05) is 17.6 Å². The number of carbonyl (C=O) groups is 1. The fraction of sp³-hybridized carbons (Fsp3) is 0.462. The van der Waals surface area contributed by atoms with Gasteiger partial charge in [-0.3, -0.25) is 0 Å². The summed E-state index contributed by atoms with van der Waals surface area (Å²) in [5.41, 5.74) is 0.452. The smallest absolute Gasteiger partial charge is 0.335 e. The first kappa shape index (κ1) is 15.5. The van der Waals surface area contributed by atoms with Crippen molar-refractivity contribution in [2.45, 2.75) is 31.6 Å². The number of unbranched alkanes of at least 4 members (excludes halogenated alkanes) is 1. The Bertz CT molecular complexity index is 552. The third kappa shape index (κ3) is 3.96. The van der Waals surface area contributed by atoms with E-state index in [1.807, 2.05) is 6.92 Å². The number of hydrogen-bond acceptors (Lipinski definition) is 4. The van der Waals surface area contributed by atoms with Crippen LogP contribution in [0.25, 0.3) is 0 Å². The van der Waals surface area contributed by atoms with Gasteiger partial charge in [0.2, 0.25) is 0 Å². The molecule has 5 nitrogen and oxygen atoms in total. The molecule has 1 aromatic carbocycles. The van der Waals surface area contributed by atoms with Gasteiger partial charge in [-0.05, 0) is 24.6 Å². The lowest BCUT2D eigenvalue weighted by atomic mass is 10.2. The molecule has 6 heteroatoms. The molecule has 0 saturated carbocycles. The normalized spacial score (nSPS) is 11.3. The molecule has 0 unspecified atom stereocenters. The summed E-state index contributed by atoms with van der Waals surface area (Å²) in [7, 11) is -3.45. The molecule has 0 amide bonds. The number of hydrogen-bond donors (Lipinski definition) is 2. The van der Waals surface area contributed by atoms with E-state index in [1.54, 1.807) is 6.92 Å². The van der Waals surface area contributed by atoms with Crippen LogP contribution in [0.3, 0.4) is 0 Å². The van der Waals surface area contributed by atoms with E-state index in [0.29, 0.717) is 12.2 Å². The highest BCUT2D eigenvalue weighted by Crippen LogP contribution is 2.24. The number of carboxylic acids is 1. The van der Waals surface area contributed by atoms with Crippen molar-refractivity contribution in [1.82, 2.24) is 0 Å². The molecule has 0 spiro atoms. The first-order chi connectivity index (χ1) is 8.92. The second kappa shape index (κ2) is 6.56. The highest BCUT2D eigenvalue weighted by Gasteiger charge is 2.18. The Morgan fingerprint density at radius 1 is 1.32 bits per heavy atom. The molecule has 0 heterocycles. The SMILES string of the molecule is CCCCNc1ccc(C(=O)O)cc1S(=O)(=O)CC. The number of anilines is 1. The average Bonchev–Trinajstić information content (AvgIpc) is 2.39. The number of nitrogens with one attached hydrogen (secondary N) is 1. The predicted octanol–water partition coefficient (Wildman–Crippen LogP) is 2.39. The summed E-state index contributed by atoms with van der Waals surface area (Å²) in [4.78, 5) is 11.0. The largest absolute Gasteiger partial charge is 0.478 e. The fourth-order valence-electron chi connectivity index (χ4n) is 1.61. The molecule has 0 aliphatic heterocycles. The molecule has 2 N–H and O–H groups in total. The third-order valence-corrected chi connectivity index (χ3v) is 4.56. The molecule has 0 aliphatic carbocycles. The minimum Gasteiger partial charge on any atom is -0.478 e. The summed E-state index contributed by atoms with van der Waals surface area (Å²) < 4.78 is 24.0. The Hall–Kier alpha value is -1.56. The zero-order valence-corrected chi connectivity index (χ0v) is 12.0. The molecule has 19 heavy (non-hydrogen) atoms. The van der Waals surface area contributed by atoms with Crippen LogP contribution in [0.4, 0.5) is 5.69 Å². The van der Waals surface area contributed by atoms with Gasteiger partial charge >= 0.3 is 5.97 Å². The maximum absolute atomic E-state index is 12.0. The summed E-state index contributed by atoms with van der Waals surface area (Å²) >= 11 is 0. The van der Waals surface area contributed by atoms with Gasteiger partial charge in [0.15, 0.2) is 9.84 Å². The second-order valence-corrected chi connectivity index (χ2v) is 6.45. The first-order valence-electron chi connectivity index (χ1n) is 6.26. The second-order valence-electron chi connectivity index (χ2n) is 4.20. The van der Waals surface area contributed by atoms with E-state index in [-0.39, 0.29) is 16.2 Å². The van der Waals surface area contributed by atoms with Crippen molar-refractivity contribution in [3.63, 3.8) is 0 Å². The summed E-state index contributed by atoms with van der Waals surface area (Å²) in [5, 5.41) is 12.0. The monoisotopic (exact) mass is 285 g/mol. The Balaban J connectivity index is 3.19. The van der Waals surface area contributed by atoms with E-state index in [0.717, 1.165) is 12.8 Å². The van der Waals surface area contributed by atoms with Gasteiger partial charge in [0.25, 0.3) is 0 Å². The van der Waals surface area contributed by atoms with Gasteiger partial charge in [0, 0.05) is 6.54 Å². The Morgan fingerprint density at radius 2 is 2.00 bits per heavy atom. The van der Waals surface area contributed by atoms with Gasteiger partial charge in [-0.2, -0.15) is 0 Å². The number of benzene rings is 1. The number of carboxylic acid groups (broad SMARTS) is 1. The first-order valence-corrected chi connectivity index (χ1v) is 7.91. The summed E-state index contributed by atoms with van der Waals surface area (Å²) in [5.74, 6) is -1.19. The van der Waals surface area contributed by atoms with Gasteiger partial charge in [-0.15, -0.1) is 0 Å². The van der Waals surface area contributed by atoms with Gasteiger partial charge in [0.05, 0.1) is 21.9 Å². The number of rotatable bonds is 7. The molecule has 0 fully saturated rings. The molecule has 0 aromatic heterocycles. The van der Waals surface area contributed by atoms with Crippen LogP contribution < -0.4 is 5.32 Å². The molecule has 0 bridgehead atoms. The summed E-state index contributed by atoms with van der Waals surface area (Å²) in [6, 6.07) is 4.14. The molecule has 1 aromatic rings. The molecule has 1 rings (SSSR count). The van der Waals surface area contributed by atoms with Crippen LogP contribution in [0.2, 0.25) is 0 Å². The zero-order valence-electron chi connectivity index (χ0n) is 11.1. The molecular formula is C13H19NO4S. The highest BCUT2D eigenvalue weighted by molar-refractivity contribution is 7.91. The predicted molar refractivity (Wildman–Crippen MR) is 74.5 cm³/mol. The maximum Gasteiger partial charge on any atom is 0.335 e. The van der Waals surface area contributed by atoms with Crippen LogP contribution in [-0.2, 0) is 9.84 Å². The lowest BCUT2D eigenvalue weighted by molar-refractivity contribution is 0.0696. The van der Waals surface area contributed by atoms with E-state index in [1.165, 1.54) is 18.2 Å². The lowest BCUT2D eigenvalue weighted by Gasteiger charge is -2.12. The van der Waals surface area contributed by atoms with Crippen molar-refractivity contribution in [2.24, 2.45) is 0 Å². The van der Waals surface area contributed by atoms with Crippen molar-refractivity contribution < 1.29 is 18.3 Å². The van der Waals surface area contributed by atoms with Gasteiger partial charge in [0.1, 0.15) is 0 Å². The average molecular weight is 285 g/mol. The molecule has 0 atom stereocenters. The maximum atomic E-state index is 12.0. The fourth-order valence-corrected chi connectivity index (χ4v) is 2.71. The summed E-state index contributed by atoms with van der Waals surface area (Å²) in [6.45, 7) is 4.24. The number of aromatic carboxylic acids is 1. The van der Waals surface area contributed by atoms with Crippen LogP contribution in [0.15, 0.2) is 23.1 Å². The van der Waals surface area contributed by atoms with Crippen LogP contribution >= 0.6 is 0 Å². The van der Waals surface area contributed by atoms with Crippen molar-refractivity contribution in [3.8, 4) is 0 Å².